The molecule has 0 aliphatic rings. The molecule has 2 atom stereocenters. The minimum absolute atomic E-state index is 0.179. The molecule has 0 saturated heterocycles. The van der Waals surface area contributed by atoms with Gasteiger partial charge in [-0.15, -0.1) is 0 Å². The van der Waals surface area contributed by atoms with Crippen molar-refractivity contribution < 1.29 is 14.5 Å². The van der Waals surface area contributed by atoms with Crippen LogP contribution < -0.4 is 22.1 Å². The zero-order valence-electron chi connectivity index (χ0n) is 20.9. The summed E-state index contributed by atoms with van der Waals surface area (Å²) in [7, 11) is 0. The number of hydrogen-bond acceptors (Lipinski definition) is 10. The molecule has 0 fully saturated rings. The topological polar surface area (TPSA) is 194 Å². The monoisotopic (exact) mass is 517 g/mol. The minimum atomic E-state index is -0.885. The summed E-state index contributed by atoms with van der Waals surface area (Å²) < 4.78 is 6.80. The number of para-hydroxylation sites is 2. The van der Waals surface area contributed by atoms with Gasteiger partial charge in [0.05, 0.1) is 42.2 Å². The molecule has 0 bridgehead atoms. The first kappa shape index (κ1) is 26.7. The van der Waals surface area contributed by atoms with Crippen molar-refractivity contribution in [3.63, 3.8) is 0 Å². The third-order valence-electron chi connectivity index (χ3n) is 6.11. The molecule has 12 heteroatoms. The third-order valence-corrected chi connectivity index (χ3v) is 6.11. The van der Waals surface area contributed by atoms with E-state index in [4.69, 9.17) is 26.3 Å². The first-order chi connectivity index (χ1) is 18.5. The first-order valence-electron chi connectivity index (χ1n) is 12.5. The highest BCUT2D eigenvalue weighted by molar-refractivity contribution is 5.94. The number of carbonyl (C=O) groups excluding carboxylic acids is 1. The fourth-order valence-electron chi connectivity index (χ4n) is 4.07. The maximum Gasteiger partial charge on any atom is 0.241 e. The number of amides is 1. The molecule has 0 radical (unpaired) electrons. The maximum absolute atomic E-state index is 12.4. The van der Waals surface area contributed by atoms with Gasteiger partial charge in [0.15, 0.2) is 11.5 Å². The van der Waals surface area contributed by atoms with E-state index in [1.54, 1.807) is 24.3 Å². The predicted octanol–water partition coefficient (Wildman–Crippen LogP) is 2.54. The van der Waals surface area contributed by atoms with E-state index in [1.807, 2.05) is 28.8 Å². The molecule has 198 valence electrons. The highest BCUT2D eigenvalue weighted by atomic mass is 16.6. The van der Waals surface area contributed by atoms with Crippen LogP contribution in [-0.2, 0) is 11.3 Å². The van der Waals surface area contributed by atoms with Crippen LogP contribution in [0.3, 0.4) is 0 Å². The normalized spacial score (nSPS) is 12.7. The summed E-state index contributed by atoms with van der Waals surface area (Å²) in [6.07, 6.45) is 1.59. The number of benzene rings is 2. The van der Waals surface area contributed by atoms with Crippen molar-refractivity contribution in [1.29, 1.82) is 5.26 Å². The van der Waals surface area contributed by atoms with Gasteiger partial charge in [0.1, 0.15) is 0 Å². The predicted molar refractivity (Wildman–Crippen MR) is 143 cm³/mol. The van der Waals surface area contributed by atoms with E-state index in [-0.39, 0.29) is 18.9 Å². The van der Waals surface area contributed by atoms with Crippen LogP contribution in [0.5, 0.6) is 0 Å². The molecule has 0 aliphatic heterocycles. The van der Waals surface area contributed by atoms with Crippen LogP contribution >= 0.6 is 0 Å². The Balaban J connectivity index is 1.51. The van der Waals surface area contributed by atoms with Crippen LogP contribution in [0.2, 0.25) is 0 Å². The second kappa shape index (κ2) is 12.8. The van der Waals surface area contributed by atoms with Gasteiger partial charge in [-0.2, -0.15) is 5.26 Å². The summed E-state index contributed by atoms with van der Waals surface area (Å²) in [6, 6.07) is 16.0. The molecule has 2 heterocycles. The SMILES string of the molecule is N#CCCNc1nonc1-c1nc2ccccc2n1CC(O)c1ccc(NC(=O)C(N)CCCCN)cc1. The van der Waals surface area contributed by atoms with Crippen LogP contribution in [0.1, 0.15) is 37.4 Å². The van der Waals surface area contributed by atoms with Gasteiger partial charge in [0.25, 0.3) is 0 Å². The van der Waals surface area contributed by atoms with Crippen LogP contribution in [-0.4, -0.2) is 50.0 Å². The zero-order chi connectivity index (χ0) is 26.9. The number of nitriles is 1. The lowest BCUT2D eigenvalue weighted by atomic mass is 10.1. The average Bonchev–Trinajstić information content (AvgIpc) is 3.53. The lowest BCUT2D eigenvalue weighted by Crippen LogP contribution is -2.35. The van der Waals surface area contributed by atoms with Gasteiger partial charge in [-0.25, -0.2) is 9.61 Å². The van der Waals surface area contributed by atoms with Gasteiger partial charge in [-0.05, 0) is 59.5 Å². The Morgan fingerprint density at radius 3 is 2.71 bits per heavy atom. The molecule has 4 rings (SSSR count). The Morgan fingerprint density at radius 2 is 1.95 bits per heavy atom. The molecular formula is C26H31N9O3. The number of imidazole rings is 1. The van der Waals surface area contributed by atoms with E-state index in [1.165, 1.54) is 0 Å². The molecule has 2 aromatic heterocycles. The number of fused-ring (bicyclic) bond motifs is 1. The number of aliphatic hydroxyl groups is 1. The van der Waals surface area contributed by atoms with Crippen molar-refractivity contribution >= 4 is 28.4 Å². The molecule has 7 N–H and O–H groups in total. The van der Waals surface area contributed by atoms with E-state index in [0.717, 1.165) is 23.9 Å². The number of nitrogens with one attached hydrogen (secondary N) is 2. The van der Waals surface area contributed by atoms with Crippen LogP contribution in [0.4, 0.5) is 11.5 Å². The molecule has 12 nitrogen and oxygen atoms in total. The number of aromatic nitrogens is 4. The molecular weight excluding hydrogens is 486 g/mol. The largest absolute Gasteiger partial charge is 0.387 e. The van der Waals surface area contributed by atoms with Gasteiger partial charge in [0.2, 0.25) is 11.7 Å². The van der Waals surface area contributed by atoms with Gasteiger partial charge >= 0.3 is 0 Å². The second-order valence-corrected chi connectivity index (χ2v) is 8.85. The van der Waals surface area contributed by atoms with Gasteiger partial charge in [0, 0.05) is 12.2 Å². The van der Waals surface area contributed by atoms with Crippen molar-refractivity contribution in [2.24, 2.45) is 11.5 Å². The summed E-state index contributed by atoms with van der Waals surface area (Å²) >= 11 is 0. The molecule has 0 aliphatic carbocycles. The van der Waals surface area contributed by atoms with E-state index in [2.05, 4.69) is 27.0 Å². The third kappa shape index (κ3) is 6.33. The number of unbranched alkanes of at least 4 members (excludes halogenated alkanes) is 1. The maximum atomic E-state index is 12.4. The summed E-state index contributed by atoms with van der Waals surface area (Å²) in [5.41, 5.74) is 14.6. The summed E-state index contributed by atoms with van der Waals surface area (Å²) in [5, 5.41) is 33.7. The van der Waals surface area contributed by atoms with Crippen molar-refractivity contribution in [1.82, 2.24) is 19.9 Å². The number of nitrogens with zero attached hydrogens (tertiary/aromatic N) is 5. The van der Waals surface area contributed by atoms with Gasteiger partial charge < -0.3 is 31.8 Å². The Bertz CT molecular complexity index is 1390. The minimum Gasteiger partial charge on any atom is -0.387 e. The summed E-state index contributed by atoms with van der Waals surface area (Å²) in [6.45, 7) is 1.13. The highest BCUT2D eigenvalue weighted by Gasteiger charge is 2.22. The Hall–Kier alpha value is -4.31. The number of anilines is 2. The second-order valence-electron chi connectivity index (χ2n) is 8.85. The quantitative estimate of drug-likeness (QED) is 0.164. The molecule has 0 spiro atoms. The van der Waals surface area contributed by atoms with Gasteiger partial charge in [-0.3, -0.25) is 4.79 Å². The van der Waals surface area contributed by atoms with E-state index >= 15 is 0 Å². The first-order valence-corrected chi connectivity index (χ1v) is 12.5. The molecule has 2 unspecified atom stereocenters. The standard InChI is InChI=1S/C26H31N9O3/c27-13-4-3-6-19(29)26(37)31-18-11-9-17(10-12-18)22(36)16-35-21-8-2-1-7-20(21)32-25(35)23-24(34-38-33-23)30-15-5-14-28/h1-2,7-12,19,22,36H,3-6,13,15-16,27,29H2,(H,30,34)(H,31,37). The molecule has 4 aromatic rings. The van der Waals surface area contributed by atoms with Crippen molar-refractivity contribution in [3.05, 3.63) is 54.1 Å². The fourth-order valence-corrected chi connectivity index (χ4v) is 4.07. The van der Waals surface area contributed by atoms with Crippen LogP contribution in [0.15, 0.2) is 53.2 Å². The summed E-state index contributed by atoms with van der Waals surface area (Å²) in [4.78, 5) is 17.1. The fraction of sp³-hybridized carbons (Fsp3) is 0.346. The van der Waals surface area contributed by atoms with Crippen LogP contribution in [0, 0.1) is 11.3 Å². The Kier molecular flexibility index (Phi) is 8.99. The Labute approximate surface area is 219 Å². The van der Waals surface area contributed by atoms with E-state index in [0.29, 0.717) is 48.1 Å². The summed E-state index contributed by atoms with van der Waals surface area (Å²) in [5.74, 6) is 0.580. The van der Waals surface area contributed by atoms with Crippen molar-refractivity contribution in [2.45, 2.75) is 44.4 Å². The number of carbonyl (C=O) groups is 1. The van der Waals surface area contributed by atoms with E-state index in [9.17, 15) is 9.90 Å². The molecule has 2 aromatic carbocycles. The Morgan fingerprint density at radius 1 is 1.16 bits per heavy atom. The van der Waals surface area contributed by atoms with Crippen LogP contribution in [0.25, 0.3) is 22.6 Å². The number of aliphatic hydroxyl groups excluding tert-OH is 1. The van der Waals surface area contributed by atoms with Crippen molar-refractivity contribution in [2.75, 3.05) is 23.7 Å². The number of hydrogen-bond donors (Lipinski definition) is 5. The lowest BCUT2D eigenvalue weighted by Gasteiger charge is -2.16. The zero-order valence-corrected chi connectivity index (χ0v) is 20.9. The van der Waals surface area contributed by atoms with E-state index < -0.39 is 12.1 Å². The van der Waals surface area contributed by atoms with Crippen molar-refractivity contribution in [3.8, 4) is 17.6 Å². The molecule has 38 heavy (non-hydrogen) atoms. The van der Waals surface area contributed by atoms with Gasteiger partial charge in [-0.1, -0.05) is 30.7 Å². The molecule has 0 saturated carbocycles. The number of rotatable bonds is 13. The average molecular weight is 518 g/mol. The highest BCUT2D eigenvalue weighted by Crippen LogP contribution is 2.30. The lowest BCUT2D eigenvalue weighted by molar-refractivity contribution is -0.117. The molecule has 1 amide bonds. The number of nitrogens with two attached hydrogens (primary N) is 2. The smallest absolute Gasteiger partial charge is 0.241 e.